The maximum absolute atomic E-state index is 12.4. The van der Waals surface area contributed by atoms with Crippen molar-refractivity contribution in [3.05, 3.63) is 29.3 Å². The monoisotopic (exact) mass is 247 g/mol. The van der Waals surface area contributed by atoms with Crippen LogP contribution in [0, 0.1) is 12.8 Å². The van der Waals surface area contributed by atoms with Gasteiger partial charge in [0.2, 0.25) is 0 Å². The Labute approximate surface area is 108 Å². The Morgan fingerprint density at radius 1 is 1.44 bits per heavy atom. The van der Waals surface area contributed by atoms with Crippen molar-refractivity contribution in [2.24, 2.45) is 5.92 Å². The van der Waals surface area contributed by atoms with Crippen LogP contribution in [0.25, 0.3) is 0 Å². The standard InChI is InChI=1S/C15H21NO2/c1-3-8-16(10-12-4-5-12)15(18)13-6-7-14(17)11(2)9-13/h6-7,9,12,17H,3-5,8,10H2,1-2H3. The molecule has 1 aliphatic rings. The third-order valence-corrected chi connectivity index (χ3v) is 3.40. The molecule has 0 saturated heterocycles. The van der Waals surface area contributed by atoms with Gasteiger partial charge in [0, 0.05) is 18.7 Å². The zero-order valence-corrected chi connectivity index (χ0v) is 11.1. The van der Waals surface area contributed by atoms with Gasteiger partial charge in [0.25, 0.3) is 5.91 Å². The summed E-state index contributed by atoms with van der Waals surface area (Å²) in [5.74, 6) is 1.04. The largest absolute Gasteiger partial charge is 0.508 e. The van der Waals surface area contributed by atoms with Crippen molar-refractivity contribution in [1.29, 1.82) is 0 Å². The number of hydrogen-bond acceptors (Lipinski definition) is 2. The molecule has 0 aliphatic heterocycles. The Kier molecular flexibility index (Phi) is 3.90. The highest BCUT2D eigenvalue weighted by Crippen LogP contribution is 2.30. The fraction of sp³-hybridized carbons (Fsp3) is 0.533. The van der Waals surface area contributed by atoms with Crippen molar-refractivity contribution in [3.63, 3.8) is 0 Å². The Morgan fingerprint density at radius 3 is 2.72 bits per heavy atom. The molecular weight excluding hydrogens is 226 g/mol. The van der Waals surface area contributed by atoms with Crippen LogP contribution < -0.4 is 0 Å². The van der Waals surface area contributed by atoms with E-state index < -0.39 is 0 Å². The number of rotatable bonds is 5. The highest BCUT2D eigenvalue weighted by Gasteiger charge is 2.26. The molecule has 1 aromatic rings. The van der Waals surface area contributed by atoms with E-state index in [0.29, 0.717) is 11.5 Å². The van der Waals surface area contributed by atoms with E-state index in [9.17, 15) is 9.90 Å². The Bertz CT molecular complexity index is 438. The molecule has 3 nitrogen and oxygen atoms in total. The van der Waals surface area contributed by atoms with E-state index in [1.54, 1.807) is 18.2 Å². The first kappa shape index (κ1) is 12.9. The van der Waals surface area contributed by atoms with Crippen LogP contribution in [0.15, 0.2) is 18.2 Å². The summed E-state index contributed by atoms with van der Waals surface area (Å²) >= 11 is 0. The third kappa shape index (κ3) is 3.03. The fourth-order valence-electron chi connectivity index (χ4n) is 2.13. The van der Waals surface area contributed by atoms with Gasteiger partial charge in [0.05, 0.1) is 0 Å². The van der Waals surface area contributed by atoms with E-state index in [0.717, 1.165) is 25.1 Å². The SMILES string of the molecule is CCCN(CC1CC1)C(=O)c1ccc(O)c(C)c1. The van der Waals surface area contributed by atoms with Gasteiger partial charge in [0.1, 0.15) is 5.75 Å². The molecule has 3 heteroatoms. The topological polar surface area (TPSA) is 40.5 Å². The van der Waals surface area contributed by atoms with Crippen LogP contribution in [-0.4, -0.2) is 29.0 Å². The lowest BCUT2D eigenvalue weighted by molar-refractivity contribution is 0.0747. The molecule has 0 unspecified atom stereocenters. The molecule has 1 saturated carbocycles. The quantitative estimate of drug-likeness (QED) is 0.869. The second-order valence-corrected chi connectivity index (χ2v) is 5.20. The van der Waals surface area contributed by atoms with Crippen LogP contribution in [-0.2, 0) is 0 Å². The number of carbonyl (C=O) groups is 1. The smallest absolute Gasteiger partial charge is 0.253 e. The molecular formula is C15H21NO2. The molecule has 0 bridgehead atoms. The molecule has 1 aliphatic carbocycles. The van der Waals surface area contributed by atoms with Crippen molar-refractivity contribution in [2.45, 2.75) is 33.1 Å². The minimum atomic E-state index is 0.0897. The number of aromatic hydroxyl groups is 1. The van der Waals surface area contributed by atoms with Crippen molar-refractivity contribution in [2.75, 3.05) is 13.1 Å². The summed E-state index contributed by atoms with van der Waals surface area (Å²) in [7, 11) is 0. The average molecular weight is 247 g/mol. The summed E-state index contributed by atoms with van der Waals surface area (Å²) < 4.78 is 0. The third-order valence-electron chi connectivity index (χ3n) is 3.40. The molecule has 1 N–H and O–H groups in total. The van der Waals surface area contributed by atoms with Crippen LogP contribution >= 0.6 is 0 Å². The summed E-state index contributed by atoms with van der Waals surface area (Å²) in [5, 5.41) is 9.50. The van der Waals surface area contributed by atoms with Crippen molar-refractivity contribution in [1.82, 2.24) is 4.90 Å². The molecule has 2 rings (SSSR count). The van der Waals surface area contributed by atoms with Gasteiger partial charge < -0.3 is 10.0 Å². The Morgan fingerprint density at radius 2 is 2.17 bits per heavy atom. The van der Waals surface area contributed by atoms with Crippen LogP contribution in [0.5, 0.6) is 5.75 Å². The molecule has 1 aromatic carbocycles. The van der Waals surface area contributed by atoms with Gasteiger partial charge in [-0.05, 0) is 55.9 Å². The van der Waals surface area contributed by atoms with Gasteiger partial charge in [0.15, 0.2) is 0 Å². The highest BCUT2D eigenvalue weighted by atomic mass is 16.3. The summed E-state index contributed by atoms with van der Waals surface area (Å²) in [5.41, 5.74) is 1.43. The zero-order valence-electron chi connectivity index (χ0n) is 11.1. The van der Waals surface area contributed by atoms with Gasteiger partial charge in [-0.2, -0.15) is 0 Å². The maximum atomic E-state index is 12.4. The zero-order chi connectivity index (χ0) is 13.1. The number of hydrogen-bond donors (Lipinski definition) is 1. The molecule has 0 spiro atoms. The van der Waals surface area contributed by atoms with E-state index in [4.69, 9.17) is 0 Å². The van der Waals surface area contributed by atoms with E-state index in [2.05, 4.69) is 6.92 Å². The predicted octanol–water partition coefficient (Wildman–Crippen LogP) is 2.96. The normalized spacial score (nSPS) is 14.6. The molecule has 1 fully saturated rings. The van der Waals surface area contributed by atoms with E-state index in [1.165, 1.54) is 12.8 Å². The van der Waals surface area contributed by atoms with E-state index in [1.807, 2.05) is 11.8 Å². The van der Waals surface area contributed by atoms with Crippen LogP contribution in [0.2, 0.25) is 0 Å². The Balaban J connectivity index is 2.12. The van der Waals surface area contributed by atoms with Crippen molar-refractivity contribution in [3.8, 4) is 5.75 Å². The number of amides is 1. The predicted molar refractivity (Wildman–Crippen MR) is 71.8 cm³/mol. The first-order valence-corrected chi connectivity index (χ1v) is 6.70. The lowest BCUT2D eigenvalue weighted by atomic mass is 10.1. The first-order chi connectivity index (χ1) is 8.61. The summed E-state index contributed by atoms with van der Waals surface area (Å²) in [6, 6.07) is 5.08. The molecule has 0 aromatic heterocycles. The van der Waals surface area contributed by atoms with Gasteiger partial charge in [-0.1, -0.05) is 6.92 Å². The molecule has 1 amide bonds. The number of aryl methyl sites for hydroxylation is 1. The maximum Gasteiger partial charge on any atom is 0.253 e. The number of phenols is 1. The van der Waals surface area contributed by atoms with Crippen LogP contribution in [0.1, 0.15) is 42.1 Å². The number of carbonyl (C=O) groups excluding carboxylic acids is 1. The van der Waals surface area contributed by atoms with Gasteiger partial charge in [-0.15, -0.1) is 0 Å². The fourth-order valence-corrected chi connectivity index (χ4v) is 2.13. The van der Waals surface area contributed by atoms with Crippen LogP contribution in [0.3, 0.4) is 0 Å². The second-order valence-electron chi connectivity index (χ2n) is 5.20. The molecule has 98 valence electrons. The van der Waals surface area contributed by atoms with E-state index in [-0.39, 0.29) is 11.7 Å². The van der Waals surface area contributed by atoms with Gasteiger partial charge >= 0.3 is 0 Å². The highest BCUT2D eigenvalue weighted by molar-refractivity contribution is 5.94. The molecule has 0 radical (unpaired) electrons. The van der Waals surface area contributed by atoms with Crippen molar-refractivity contribution < 1.29 is 9.90 Å². The van der Waals surface area contributed by atoms with Crippen LogP contribution in [0.4, 0.5) is 0 Å². The lowest BCUT2D eigenvalue weighted by Crippen LogP contribution is -2.33. The lowest BCUT2D eigenvalue weighted by Gasteiger charge is -2.22. The summed E-state index contributed by atoms with van der Waals surface area (Å²) in [6.45, 7) is 5.61. The second kappa shape index (κ2) is 5.42. The van der Waals surface area contributed by atoms with E-state index >= 15 is 0 Å². The number of nitrogens with zero attached hydrogens (tertiary/aromatic N) is 1. The molecule has 0 atom stereocenters. The van der Waals surface area contributed by atoms with Crippen molar-refractivity contribution >= 4 is 5.91 Å². The Hall–Kier alpha value is -1.51. The van der Waals surface area contributed by atoms with Gasteiger partial charge in [-0.25, -0.2) is 0 Å². The minimum Gasteiger partial charge on any atom is -0.508 e. The first-order valence-electron chi connectivity index (χ1n) is 6.70. The molecule has 0 heterocycles. The molecule has 18 heavy (non-hydrogen) atoms. The number of phenolic OH excluding ortho intramolecular Hbond substituents is 1. The summed E-state index contributed by atoms with van der Waals surface area (Å²) in [4.78, 5) is 14.4. The van der Waals surface area contributed by atoms with Gasteiger partial charge in [-0.3, -0.25) is 4.79 Å². The summed E-state index contributed by atoms with van der Waals surface area (Å²) in [6.07, 6.45) is 3.49. The average Bonchev–Trinajstić information content (AvgIpc) is 3.15. The number of benzene rings is 1. The minimum absolute atomic E-state index is 0.0897.